The van der Waals surface area contributed by atoms with Crippen LogP contribution >= 0.6 is 12.4 Å². The summed E-state index contributed by atoms with van der Waals surface area (Å²) in [7, 11) is 1.83. The summed E-state index contributed by atoms with van der Waals surface area (Å²) in [6.07, 6.45) is 5.82. The molecular weight excluding hydrogens is 314 g/mol. The number of nitrogens with zero attached hydrogens (tertiary/aromatic N) is 2. The number of carbonyl (C=O) groups excluding carboxylic acids is 2. The van der Waals surface area contributed by atoms with Gasteiger partial charge in [0, 0.05) is 38.6 Å². The molecule has 2 atom stereocenters. The first-order chi connectivity index (χ1) is 10.4. The van der Waals surface area contributed by atoms with Crippen molar-refractivity contribution in [2.24, 2.45) is 17.6 Å². The Labute approximate surface area is 146 Å². The highest BCUT2D eigenvalue weighted by Gasteiger charge is 2.39. The molecule has 0 bridgehead atoms. The zero-order valence-electron chi connectivity index (χ0n) is 14.7. The fourth-order valence-corrected chi connectivity index (χ4v) is 3.56. The van der Waals surface area contributed by atoms with Gasteiger partial charge in [-0.25, -0.2) is 0 Å². The molecule has 2 aliphatic rings. The molecule has 0 spiro atoms. The fraction of sp³-hybridized carbons (Fsp3) is 0.882. The SMILES string of the molecule is CC(C)C(N)CCN(C)C(=O)C1CC(=O)N(C2CCCC2)C1.Cl. The first kappa shape index (κ1) is 20.2. The van der Waals surface area contributed by atoms with Gasteiger partial charge in [0.15, 0.2) is 0 Å². The average molecular weight is 346 g/mol. The third-order valence-corrected chi connectivity index (χ3v) is 5.30. The predicted molar refractivity (Wildman–Crippen MR) is 94.4 cm³/mol. The number of halogens is 1. The van der Waals surface area contributed by atoms with Crippen LogP contribution in [0, 0.1) is 11.8 Å². The maximum absolute atomic E-state index is 12.5. The topological polar surface area (TPSA) is 66.6 Å². The third kappa shape index (κ3) is 5.08. The lowest BCUT2D eigenvalue weighted by atomic mass is 10.0. The Bertz CT molecular complexity index is 411. The van der Waals surface area contributed by atoms with E-state index in [1.807, 2.05) is 11.9 Å². The van der Waals surface area contributed by atoms with E-state index in [0.717, 1.165) is 19.3 Å². The normalized spacial score (nSPS) is 23.3. The van der Waals surface area contributed by atoms with Gasteiger partial charge in [0.25, 0.3) is 0 Å². The summed E-state index contributed by atoms with van der Waals surface area (Å²) in [6, 6.07) is 0.500. The Balaban J connectivity index is 0.00000264. The molecule has 1 aliphatic carbocycles. The molecule has 0 radical (unpaired) electrons. The Morgan fingerprint density at radius 1 is 1.35 bits per heavy atom. The Morgan fingerprint density at radius 2 is 1.96 bits per heavy atom. The van der Waals surface area contributed by atoms with Crippen LogP contribution in [0.15, 0.2) is 0 Å². The number of hydrogen-bond acceptors (Lipinski definition) is 3. The summed E-state index contributed by atoms with van der Waals surface area (Å²) < 4.78 is 0. The predicted octanol–water partition coefficient (Wildman–Crippen LogP) is 2.03. The smallest absolute Gasteiger partial charge is 0.227 e. The van der Waals surface area contributed by atoms with Crippen LogP contribution in [0.4, 0.5) is 0 Å². The minimum Gasteiger partial charge on any atom is -0.345 e. The van der Waals surface area contributed by atoms with Crippen LogP contribution in [-0.2, 0) is 9.59 Å². The van der Waals surface area contributed by atoms with Gasteiger partial charge in [-0.3, -0.25) is 9.59 Å². The molecule has 2 N–H and O–H groups in total. The van der Waals surface area contributed by atoms with Gasteiger partial charge in [-0.15, -0.1) is 12.4 Å². The number of carbonyl (C=O) groups is 2. The summed E-state index contributed by atoms with van der Waals surface area (Å²) in [4.78, 5) is 28.5. The standard InChI is InChI=1S/C17H31N3O2.ClH/c1-12(2)15(18)8-9-19(3)17(22)13-10-16(21)20(11-13)14-6-4-5-7-14;/h12-15H,4-11,18H2,1-3H3;1H. The monoisotopic (exact) mass is 345 g/mol. The van der Waals surface area contributed by atoms with E-state index in [1.54, 1.807) is 4.90 Å². The summed E-state index contributed by atoms with van der Waals surface area (Å²) in [5.41, 5.74) is 6.04. The number of hydrogen-bond donors (Lipinski definition) is 1. The van der Waals surface area contributed by atoms with Crippen molar-refractivity contribution in [1.29, 1.82) is 0 Å². The fourth-order valence-electron chi connectivity index (χ4n) is 3.56. The molecule has 0 aromatic heterocycles. The van der Waals surface area contributed by atoms with Gasteiger partial charge < -0.3 is 15.5 Å². The third-order valence-electron chi connectivity index (χ3n) is 5.30. The van der Waals surface area contributed by atoms with E-state index >= 15 is 0 Å². The van der Waals surface area contributed by atoms with Crippen molar-refractivity contribution >= 4 is 24.2 Å². The van der Waals surface area contributed by atoms with Crippen LogP contribution in [-0.4, -0.2) is 53.8 Å². The summed E-state index contributed by atoms with van der Waals surface area (Å²) in [5, 5.41) is 0. The lowest BCUT2D eigenvalue weighted by molar-refractivity contribution is -0.134. The maximum Gasteiger partial charge on any atom is 0.227 e. The quantitative estimate of drug-likeness (QED) is 0.801. The number of nitrogens with two attached hydrogens (primary N) is 1. The van der Waals surface area contributed by atoms with E-state index in [0.29, 0.717) is 31.5 Å². The van der Waals surface area contributed by atoms with E-state index in [2.05, 4.69) is 13.8 Å². The van der Waals surface area contributed by atoms with Crippen molar-refractivity contribution < 1.29 is 9.59 Å². The van der Waals surface area contributed by atoms with Gasteiger partial charge in [0.05, 0.1) is 5.92 Å². The van der Waals surface area contributed by atoms with Gasteiger partial charge in [-0.2, -0.15) is 0 Å². The van der Waals surface area contributed by atoms with E-state index in [1.165, 1.54) is 12.8 Å². The molecule has 0 aromatic carbocycles. The van der Waals surface area contributed by atoms with E-state index in [4.69, 9.17) is 5.73 Å². The number of amides is 2. The highest BCUT2D eigenvalue weighted by atomic mass is 35.5. The molecule has 5 nitrogen and oxygen atoms in total. The van der Waals surface area contributed by atoms with Crippen molar-refractivity contribution in [3.63, 3.8) is 0 Å². The molecule has 2 rings (SSSR count). The molecular formula is C17H32ClN3O2. The average Bonchev–Trinajstić information content (AvgIpc) is 3.12. The van der Waals surface area contributed by atoms with Crippen LogP contribution in [0.3, 0.4) is 0 Å². The van der Waals surface area contributed by atoms with Crippen molar-refractivity contribution in [1.82, 2.24) is 9.80 Å². The largest absolute Gasteiger partial charge is 0.345 e. The molecule has 1 aliphatic heterocycles. The van der Waals surface area contributed by atoms with E-state index in [9.17, 15) is 9.59 Å². The lowest BCUT2D eigenvalue weighted by Crippen LogP contribution is -2.39. The van der Waals surface area contributed by atoms with Gasteiger partial charge in [0.1, 0.15) is 0 Å². The summed E-state index contributed by atoms with van der Waals surface area (Å²) in [5.74, 6) is 0.533. The van der Waals surface area contributed by atoms with Gasteiger partial charge >= 0.3 is 0 Å². The molecule has 2 amide bonds. The summed E-state index contributed by atoms with van der Waals surface area (Å²) >= 11 is 0. The minimum absolute atomic E-state index is 0. The van der Waals surface area contributed by atoms with Crippen LogP contribution in [0.5, 0.6) is 0 Å². The molecule has 1 saturated carbocycles. The van der Waals surface area contributed by atoms with Crippen molar-refractivity contribution in [3.05, 3.63) is 0 Å². The molecule has 6 heteroatoms. The first-order valence-electron chi connectivity index (χ1n) is 8.70. The van der Waals surface area contributed by atoms with Gasteiger partial charge in [-0.1, -0.05) is 26.7 Å². The minimum atomic E-state index is -0.159. The van der Waals surface area contributed by atoms with Gasteiger partial charge in [-0.05, 0) is 25.2 Å². The van der Waals surface area contributed by atoms with Gasteiger partial charge in [0.2, 0.25) is 11.8 Å². The van der Waals surface area contributed by atoms with E-state index < -0.39 is 0 Å². The lowest BCUT2D eigenvalue weighted by Gasteiger charge is -2.26. The van der Waals surface area contributed by atoms with Crippen LogP contribution < -0.4 is 5.73 Å². The molecule has 1 saturated heterocycles. The second-order valence-electron chi connectivity index (χ2n) is 7.34. The van der Waals surface area contributed by atoms with Crippen LogP contribution in [0.25, 0.3) is 0 Å². The van der Waals surface area contributed by atoms with Crippen LogP contribution in [0.2, 0.25) is 0 Å². The molecule has 1 heterocycles. The molecule has 2 unspecified atom stereocenters. The van der Waals surface area contributed by atoms with Crippen molar-refractivity contribution in [3.8, 4) is 0 Å². The van der Waals surface area contributed by atoms with Crippen molar-refractivity contribution in [2.75, 3.05) is 20.1 Å². The Kier molecular flexibility index (Phi) is 7.81. The summed E-state index contributed by atoms with van der Waals surface area (Å²) in [6.45, 7) is 5.48. The second kappa shape index (κ2) is 8.88. The Hall–Kier alpha value is -0.810. The zero-order valence-corrected chi connectivity index (χ0v) is 15.5. The van der Waals surface area contributed by atoms with Crippen molar-refractivity contribution in [2.45, 2.75) is 64.5 Å². The first-order valence-corrected chi connectivity index (χ1v) is 8.70. The Morgan fingerprint density at radius 3 is 2.52 bits per heavy atom. The second-order valence-corrected chi connectivity index (χ2v) is 7.34. The molecule has 2 fully saturated rings. The zero-order chi connectivity index (χ0) is 16.3. The maximum atomic E-state index is 12.5. The number of rotatable bonds is 6. The highest BCUT2D eigenvalue weighted by Crippen LogP contribution is 2.30. The molecule has 134 valence electrons. The van der Waals surface area contributed by atoms with E-state index in [-0.39, 0.29) is 36.2 Å². The highest BCUT2D eigenvalue weighted by molar-refractivity contribution is 5.89. The molecule has 23 heavy (non-hydrogen) atoms. The molecule has 0 aromatic rings. The number of likely N-dealkylation sites (tertiary alicyclic amines) is 1. The van der Waals surface area contributed by atoms with Crippen LogP contribution in [0.1, 0.15) is 52.4 Å².